The van der Waals surface area contributed by atoms with Gasteiger partial charge in [0.1, 0.15) is 5.15 Å². The summed E-state index contributed by atoms with van der Waals surface area (Å²) in [5.41, 5.74) is -3.60. The van der Waals surface area contributed by atoms with Crippen LogP contribution >= 0.6 is 11.6 Å². The number of hydrogen-bond acceptors (Lipinski definition) is 1. The maximum Gasteiger partial charge on any atom is 0.417 e. The van der Waals surface area contributed by atoms with Gasteiger partial charge in [0.05, 0.1) is 11.1 Å². The quantitative estimate of drug-likeness (QED) is 0.544. The summed E-state index contributed by atoms with van der Waals surface area (Å²) in [4.78, 5) is 2.69. The molecular weight excluding hydrogens is 248 g/mol. The van der Waals surface area contributed by atoms with E-state index in [9.17, 15) is 26.3 Å². The first-order chi connectivity index (χ1) is 6.73. The number of alkyl halides is 5. The van der Waals surface area contributed by atoms with E-state index in [0.717, 1.165) is 0 Å². The molecule has 1 heterocycles. The van der Waals surface area contributed by atoms with Gasteiger partial charge in [0.25, 0.3) is 6.43 Å². The lowest BCUT2D eigenvalue weighted by Gasteiger charge is -2.12. The van der Waals surface area contributed by atoms with Crippen LogP contribution < -0.4 is 0 Å². The molecule has 84 valence electrons. The Morgan fingerprint density at radius 3 is 2.20 bits per heavy atom. The molecule has 0 aliphatic rings. The molecule has 0 N–H and O–H groups in total. The van der Waals surface area contributed by atoms with Crippen molar-refractivity contribution in [1.82, 2.24) is 4.98 Å². The van der Waals surface area contributed by atoms with Crippen molar-refractivity contribution in [2.24, 2.45) is 0 Å². The molecule has 0 atom stereocenters. The van der Waals surface area contributed by atoms with Crippen molar-refractivity contribution in [2.75, 3.05) is 0 Å². The van der Waals surface area contributed by atoms with Crippen LogP contribution in [0, 0.1) is 5.95 Å². The zero-order chi connectivity index (χ0) is 11.8. The number of halogens is 7. The maximum atomic E-state index is 12.7. The number of aromatic nitrogens is 1. The van der Waals surface area contributed by atoms with Crippen LogP contribution in [0.15, 0.2) is 6.07 Å². The van der Waals surface area contributed by atoms with Gasteiger partial charge in [0.2, 0.25) is 5.95 Å². The van der Waals surface area contributed by atoms with E-state index in [1.807, 2.05) is 0 Å². The third-order valence-corrected chi connectivity index (χ3v) is 1.70. The molecule has 1 rings (SSSR count). The van der Waals surface area contributed by atoms with Gasteiger partial charge in [-0.25, -0.2) is 13.8 Å². The van der Waals surface area contributed by atoms with Gasteiger partial charge < -0.3 is 0 Å². The lowest BCUT2D eigenvalue weighted by Crippen LogP contribution is -2.12. The third kappa shape index (κ3) is 2.53. The second-order valence-corrected chi connectivity index (χ2v) is 2.88. The molecule has 0 aromatic carbocycles. The van der Waals surface area contributed by atoms with E-state index in [-0.39, 0.29) is 6.07 Å². The second-order valence-electron chi connectivity index (χ2n) is 2.50. The van der Waals surface area contributed by atoms with Crippen molar-refractivity contribution in [1.29, 1.82) is 0 Å². The molecule has 0 fully saturated rings. The fourth-order valence-electron chi connectivity index (χ4n) is 0.936. The fraction of sp³-hybridized carbons (Fsp3) is 0.286. The Balaban J connectivity index is 3.47. The summed E-state index contributed by atoms with van der Waals surface area (Å²) in [5, 5.41) is -0.829. The Hall–Kier alpha value is -0.980. The zero-order valence-corrected chi connectivity index (χ0v) is 7.50. The summed E-state index contributed by atoms with van der Waals surface area (Å²) in [5.74, 6) is -1.91. The molecule has 0 aliphatic heterocycles. The van der Waals surface area contributed by atoms with E-state index < -0.39 is 34.8 Å². The summed E-state index contributed by atoms with van der Waals surface area (Å²) in [6.45, 7) is 0. The van der Waals surface area contributed by atoms with E-state index in [1.54, 1.807) is 0 Å². The van der Waals surface area contributed by atoms with Gasteiger partial charge in [-0.15, -0.1) is 0 Å². The standard InChI is InChI=1S/C7H2ClF6N/c8-3-1-2(7(12,13)14)4(5(9)10)6(11)15-3/h1,5H. The summed E-state index contributed by atoms with van der Waals surface area (Å²) in [6, 6.07) is 0.159. The minimum absolute atomic E-state index is 0.159. The number of hydrogen-bond donors (Lipinski definition) is 0. The van der Waals surface area contributed by atoms with Crippen molar-refractivity contribution in [3.05, 3.63) is 28.3 Å². The summed E-state index contributed by atoms with van der Waals surface area (Å²) in [7, 11) is 0. The van der Waals surface area contributed by atoms with Crippen LogP contribution in [0.3, 0.4) is 0 Å². The summed E-state index contributed by atoms with van der Waals surface area (Å²) in [6.07, 6.45) is -8.70. The number of pyridine rings is 1. The highest BCUT2D eigenvalue weighted by atomic mass is 35.5. The van der Waals surface area contributed by atoms with Crippen LogP contribution in [-0.4, -0.2) is 4.98 Å². The molecule has 1 nitrogen and oxygen atoms in total. The topological polar surface area (TPSA) is 12.9 Å². The zero-order valence-electron chi connectivity index (χ0n) is 6.75. The van der Waals surface area contributed by atoms with Crippen LogP contribution in [-0.2, 0) is 6.18 Å². The normalized spacial score (nSPS) is 12.3. The summed E-state index contributed by atoms with van der Waals surface area (Å²) >= 11 is 5.04. The molecule has 0 bridgehead atoms. The molecule has 0 unspecified atom stereocenters. The monoisotopic (exact) mass is 249 g/mol. The molecule has 0 saturated heterocycles. The van der Waals surface area contributed by atoms with Crippen molar-refractivity contribution in [3.63, 3.8) is 0 Å². The lowest BCUT2D eigenvalue weighted by molar-refractivity contribution is -0.139. The minimum atomic E-state index is -5.10. The van der Waals surface area contributed by atoms with Gasteiger partial charge in [0, 0.05) is 0 Å². The largest absolute Gasteiger partial charge is 0.417 e. The maximum absolute atomic E-state index is 12.7. The van der Waals surface area contributed by atoms with Crippen LogP contribution in [0.25, 0.3) is 0 Å². The van der Waals surface area contributed by atoms with Crippen molar-refractivity contribution in [3.8, 4) is 0 Å². The van der Waals surface area contributed by atoms with E-state index in [0.29, 0.717) is 0 Å². The Kier molecular flexibility index (Phi) is 3.13. The first-order valence-corrected chi connectivity index (χ1v) is 3.82. The number of rotatable bonds is 1. The lowest BCUT2D eigenvalue weighted by atomic mass is 10.1. The van der Waals surface area contributed by atoms with Gasteiger partial charge in [0.15, 0.2) is 0 Å². The van der Waals surface area contributed by atoms with Gasteiger partial charge in [-0.1, -0.05) is 11.6 Å². The van der Waals surface area contributed by atoms with Crippen molar-refractivity contribution in [2.45, 2.75) is 12.6 Å². The predicted molar refractivity (Wildman–Crippen MR) is 39.2 cm³/mol. The Morgan fingerprint density at radius 1 is 1.27 bits per heavy atom. The number of nitrogens with zero attached hydrogens (tertiary/aromatic N) is 1. The molecular formula is C7H2ClF6N. The van der Waals surface area contributed by atoms with Crippen molar-refractivity contribution >= 4 is 11.6 Å². The first kappa shape index (κ1) is 12.1. The van der Waals surface area contributed by atoms with Crippen LogP contribution in [0.2, 0.25) is 5.15 Å². The van der Waals surface area contributed by atoms with Crippen LogP contribution in [0.1, 0.15) is 17.6 Å². The SMILES string of the molecule is Fc1nc(Cl)cc(C(F)(F)F)c1C(F)F. The molecule has 0 radical (unpaired) electrons. The Morgan fingerprint density at radius 2 is 1.80 bits per heavy atom. The van der Waals surface area contributed by atoms with Gasteiger partial charge in [-0.2, -0.15) is 17.6 Å². The molecule has 0 amide bonds. The minimum Gasteiger partial charge on any atom is -0.207 e. The Labute approximate surface area is 84.7 Å². The average molecular weight is 250 g/mol. The molecule has 8 heteroatoms. The fourth-order valence-corrected chi connectivity index (χ4v) is 1.12. The smallest absolute Gasteiger partial charge is 0.207 e. The highest BCUT2D eigenvalue weighted by Gasteiger charge is 2.38. The molecule has 1 aromatic heterocycles. The van der Waals surface area contributed by atoms with Gasteiger partial charge >= 0.3 is 6.18 Å². The second kappa shape index (κ2) is 3.88. The highest BCUT2D eigenvalue weighted by Crippen LogP contribution is 2.38. The van der Waals surface area contributed by atoms with E-state index in [4.69, 9.17) is 11.6 Å². The van der Waals surface area contributed by atoms with Gasteiger partial charge in [-0.3, -0.25) is 0 Å². The molecule has 0 saturated carbocycles. The Bertz CT molecular complexity index is 374. The highest BCUT2D eigenvalue weighted by molar-refractivity contribution is 6.29. The summed E-state index contributed by atoms with van der Waals surface area (Å²) < 4.78 is 73.5. The van der Waals surface area contributed by atoms with E-state index in [1.165, 1.54) is 0 Å². The van der Waals surface area contributed by atoms with E-state index in [2.05, 4.69) is 4.98 Å². The average Bonchev–Trinajstić information content (AvgIpc) is 1.99. The molecule has 0 spiro atoms. The van der Waals surface area contributed by atoms with E-state index >= 15 is 0 Å². The van der Waals surface area contributed by atoms with Crippen LogP contribution in [0.4, 0.5) is 26.3 Å². The van der Waals surface area contributed by atoms with Gasteiger partial charge in [-0.05, 0) is 6.07 Å². The third-order valence-electron chi connectivity index (χ3n) is 1.50. The predicted octanol–water partition coefficient (Wildman–Crippen LogP) is 3.83. The molecule has 15 heavy (non-hydrogen) atoms. The molecule has 0 aliphatic carbocycles. The van der Waals surface area contributed by atoms with Crippen molar-refractivity contribution < 1.29 is 26.3 Å². The first-order valence-electron chi connectivity index (χ1n) is 3.44. The van der Waals surface area contributed by atoms with Crippen LogP contribution in [0.5, 0.6) is 0 Å². The molecule has 1 aromatic rings.